The van der Waals surface area contributed by atoms with Crippen molar-refractivity contribution in [1.82, 2.24) is 29.2 Å². The molecule has 3 saturated heterocycles. The molecular formula is C40H51N7O3S. The average Bonchev–Trinajstić information content (AvgIpc) is 3.82. The van der Waals surface area contributed by atoms with E-state index in [1.165, 1.54) is 5.56 Å². The Hall–Kier alpha value is -4.09. The Morgan fingerprint density at radius 3 is 2.47 bits per heavy atom. The Balaban J connectivity index is 1.04. The summed E-state index contributed by atoms with van der Waals surface area (Å²) in [5.41, 5.74) is 4.93. The maximum atomic E-state index is 14.2. The summed E-state index contributed by atoms with van der Waals surface area (Å²) in [5, 5.41) is -0.597. The number of pyridine rings is 1. The van der Waals surface area contributed by atoms with E-state index < -0.39 is 5.25 Å². The van der Waals surface area contributed by atoms with Crippen LogP contribution in [0.5, 0.6) is 0 Å². The Morgan fingerprint density at radius 2 is 1.71 bits per heavy atom. The van der Waals surface area contributed by atoms with Gasteiger partial charge in [0.15, 0.2) is 5.65 Å². The van der Waals surface area contributed by atoms with E-state index in [1.807, 2.05) is 21.9 Å². The van der Waals surface area contributed by atoms with Gasteiger partial charge in [0.25, 0.3) is 0 Å². The number of imidazole rings is 1. The molecule has 270 valence electrons. The number of H-pyrrole nitrogens is 1. The van der Waals surface area contributed by atoms with Crippen LogP contribution in [-0.2, 0) is 16.1 Å². The Morgan fingerprint density at radius 1 is 0.961 bits per heavy atom. The number of para-hydroxylation sites is 1. The number of rotatable bonds is 10. The van der Waals surface area contributed by atoms with Gasteiger partial charge in [0.2, 0.25) is 11.8 Å². The summed E-state index contributed by atoms with van der Waals surface area (Å²) >= 11 is 1.64. The van der Waals surface area contributed by atoms with Crippen LogP contribution in [-0.4, -0.2) is 92.1 Å². The molecule has 3 atom stereocenters. The molecule has 0 bridgehead atoms. The van der Waals surface area contributed by atoms with E-state index >= 15 is 0 Å². The summed E-state index contributed by atoms with van der Waals surface area (Å²) < 4.78 is 1.79. The highest BCUT2D eigenvalue weighted by Crippen LogP contribution is 2.48. The third-order valence-electron chi connectivity index (χ3n) is 10.9. The lowest BCUT2D eigenvalue weighted by Crippen LogP contribution is -2.42. The molecule has 2 amide bonds. The largest absolute Gasteiger partial charge is 0.370 e. The van der Waals surface area contributed by atoms with Gasteiger partial charge in [0.05, 0.1) is 10.8 Å². The first-order valence-corrected chi connectivity index (χ1v) is 19.4. The van der Waals surface area contributed by atoms with Crippen LogP contribution in [0.2, 0.25) is 0 Å². The lowest BCUT2D eigenvalue weighted by atomic mass is 9.92. The number of hydrogen-bond acceptors (Lipinski definition) is 7. The number of anilines is 1. The van der Waals surface area contributed by atoms with Crippen LogP contribution < -0.4 is 10.6 Å². The number of likely N-dealkylation sites (N-methyl/N-ethyl adjacent to an activating group) is 1. The molecule has 0 radical (unpaired) electrons. The fraction of sp³-hybridized carbons (Fsp3) is 0.500. The molecule has 0 saturated carbocycles. The zero-order chi connectivity index (χ0) is 35.7. The summed E-state index contributed by atoms with van der Waals surface area (Å²) in [6.07, 6.45) is 5.19. The second-order valence-corrected chi connectivity index (χ2v) is 16.9. The second-order valence-electron chi connectivity index (χ2n) is 15.6. The van der Waals surface area contributed by atoms with E-state index in [9.17, 15) is 14.4 Å². The lowest BCUT2D eigenvalue weighted by molar-refractivity contribution is -0.136. The van der Waals surface area contributed by atoms with Crippen molar-refractivity contribution in [3.63, 3.8) is 0 Å². The summed E-state index contributed by atoms with van der Waals surface area (Å²) in [7, 11) is 2.20. The van der Waals surface area contributed by atoms with Crippen molar-refractivity contribution < 1.29 is 9.59 Å². The zero-order valence-electron chi connectivity index (χ0n) is 30.3. The predicted octanol–water partition coefficient (Wildman–Crippen LogP) is 6.07. The number of fused-ring (bicyclic) bond motifs is 1. The van der Waals surface area contributed by atoms with Crippen LogP contribution in [0.1, 0.15) is 75.4 Å². The quantitative estimate of drug-likeness (QED) is 0.214. The van der Waals surface area contributed by atoms with Gasteiger partial charge in [-0.1, -0.05) is 69.3 Å². The number of piperidine rings is 1. The van der Waals surface area contributed by atoms with Gasteiger partial charge in [-0.25, -0.2) is 9.78 Å². The SMILES string of the molecule is CN(c1ccccc1C1SC(CC(=O)N2CCC(n3c(=O)[nH]c4ncccc43)CC2)C(=O)N1CCC(C)(C)C)[C@H]1CCN(Cc2ccccc2)C1. The highest BCUT2D eigenvalue weighted by molar-refractivity contribution is 8.01. The third kappa shape index (κ3) is 7.74. The van der Waals surface area contributed by atoms with Crippen molar-refractivity contribution in [1.29, 1.82) is 0 Å². The highest BCUT2D eigenvalue weighted by atomic mass is 32.2. The fourth-order valence-electron chi connectivity index (χ4n) is 7.96. The van der Waals surface area contributed by atoms with Crippen LogP contribution in [0.15, 0.2) is 77.7 Å². The van der Waals surface area contributed by atoms with Crippen LogP contribution in [0.4, 0.5) is 5.69 Å². The van der Waals surface area contributed by atoms with Gasteiger partial charge in [-0.05, 0) is 54.9 Å². The summed E-state index contributed by atoms with van der Waals surface area (Å²) in [6.45, 7) is 11.4. The minimum Gasteiger partial charge on any atom is -0.370 e. The van der Waals surface area contributed by atoms with Crippen LogP contribution in [0.3, 0.4) is 0 Å². The van der Waals surface area contributed by atoms with Crippen molar-refractivity contribution in [3.8, 4) is 0 Å². The van der Waals surface area contributed by atoms with Crippen LogP contribution >= 0.6 is 11.8 Å². The Bertz CT molecular complexity index is 1890. The summed E-state index contributed by atoms with van der Waals surface area (Å²) in [6, 6.07) is 23.3. The number of thioether (sulfide) groups is 1. The monoisotopic (exact) mass is 709 g/mol. The number of nitrogens with zero attached hydrogens (tertiary/aromatic N) is 6. The van der Waals surface area contributed by atoms with Crippen LogP contribution in [0.25, 0.3) is 11.2 Å². The number of carbonyl (C=O) groups is 2. The fourth-order valence-corrected chi connectivity index (χ4v) is 9.46. The molecule has 0 spiro atoms. The van der Waals surface area contributed by atoms with E-state index in [0.717, 1.165) is 49.2 Å². The number of carbonyl (C=O) groups excluding carboxylic acids is 2. The molecule has 5 heterocycles. The van der Waals surface area contributed by atoms with Gasteiger partial charge in [-0.15, -0.1) is 11.8 Å². The first kappa shape index (κ1) is 35.3. The number of aromatic nitrogens is 3. The predicted molar refractivity (Wildman–Crippen MR) is 205 cm³/mol. The van der Waals surface area contributed by atoms with Gasteiger partial charge < -0.3 is 14.7 Å². The van der Waals surface area contributed by atoms with E-state index in [4.69, 9.17) is 0 Å². The zero-order valence-corrected chi connectivity index (χ0v) is 31.1. The molecule has 10 nitrogen and oxygen atoms in total. The average molecular weight is 710 g/mol. The van der Waals surface area contributed by atoms with E-state index in [0.29, 0.717) is 44.2 Å². The van der Waals surface area contributed by atoms with E-state index in [-0.39, 0.29) is 40.8 Å². The number of aromatic amines is 1. The molecule has 4 aromatic rings. The highest BCUT2D eigenvalue weighted by Gasteiger charge is 2.44. The maximum Gasteiger partial charge on any atom is 0.327 e. The first-order valence-electron chi connectivity index (χ1n) is 18.4. The van der Waals surface area contributed by atoms with Gasteiger partial charge >= 0.3 is 5.69 Å². The van der Waals surface area contributed by atoms with E-state index in [1.54, 1.807) is 22.5 Å². The van der Waals surface area contributed by atoms with Crippen molar-refractivity contribution >= 4 is 40.4 Å². The van der Waals surface area contributed by atoms with E-state index in [2.05, 4.69) is 102 Å². The molecule has 3 aliphatic heterocycles. The summed E-state index contributed by atoms with van der Waals surface area (Å²) in [5.74, 6) is 0.0706. The molecule has 11 heteroatoms. The molecule has 2 unspecified atom stereocenters. The molecule has 51 heavy (non-hydrogen) atoms. The third-order valence-corrected chi connectivity index (χ3v) is 12.4. The topological polar surface area (TPSA) is 97.8 Å². The molecule has 3 aliphatic rings. The van der Waals surface area contributed by atoms with Gasteiger partial charge in [0.1, 0.15) is 5.37 Å². The molecule has 0 aliphatic carbocycles. The van der Waals surface area contributed by atoms with Gasteiger partial charge in [-0.3, -0.25) is 24.0 Å². The van der Waals surface area contributed by atoms with Crippen molar-refractivity contribution in [2.24, 2.45) is 5.41 Å². The number of benzene rings is 2. The van der Waals surface area contributed by atoms with Gasteiger partial charge in [-0.2, -0.15) is 0 Å². The maximum absolute atomic E-state index is 14.2. The minimum absolute atomic E-state index is 0.00182. The normalized spacial score (nSPS) is 22.0. The molecule has 7 rings (SSSR count). The van der Waals surface area contributed by atoms with Crippen LogP contribution in [0, 0.1) is 5.41 Å². The number of amides is 2. The number of likely N-dealkylation sites (tertiary alicyclic amines) is 2. The Kier molecular flexibility index (Phi) is 10.3. The van der Waals surface area contributed by atoms with Crippen molar-refractivity contribution in [3.05, 3.63) is 94.5 Å². The smallest absolute Gasteiger partial charge is 0.327 e. The second kappa shape index (κ2) is 14.9. The molecule has 3 fully saturated rings. The first-order chi connectivity index (χ1) is 24.6. The number of nitrogens with one attached hydrogen (secondary N) is 1. The van der Waals surface area contributed by atoms with Crippen molar-refractivity contribution in [2.75, 3.05) is 44.7 Å². The molecular weight excluding hydrogens is 659 g/mol. The molecule has 2 aromatic carbocycles. The molecule has 2 aromatic heterocycles. The number of hydrogen-bond donors (Lipinski definition) is 1. The summed E-state index contributed by atoms with van der Waals surface area (Å²) in [4.78, 5) is 56.8. The van der Waals surface area contributed by atoms with Gasteiger partial charge in [0, 0.05) is 82.3 Å². The molecule has 1 N–H and O–H groups in total. The van der Waals surface area contributed by atoms with Crippen molar-refractivity contribution in [2.45, 2.75) is 82.1 Å². The minimum atomic E-state index is -0.436. The lowest BCUT2D eigenvalue weighted by Gasteiger charge is -2.33. The Labute approximate surface area is 305 Å². The standard InChI is InChI=1S/C40H51N7O3S/c1-40(2,3)19-24-46-37(49)34(25-35(48)45-22-17-29(18-23-45)47-33-15-10-20-41-36(33)42-39(47)50)51-38(46)31-13-8-9-14-32(31)43(4)30-16-21-44(27-30)26-28-11-6-5-7-12-28/h5-15,20,29-30,34,38H,16-19,21-27H2,1-4H3,(H,41,42,50)/t30-,34?,38?/m0/s1.